The first kappa shape index (κ1) is 13.8. The summed E-state index contributed by atoms with van der Waals surface area (Å²) in [5.74, 6) is 0.518. The molecular weight excluding hydrogens is 248 g/mol. The van der Waals surface area contributed by atoms with E-state index in [-0.39, 0.29) is 6.04 Å². The molecule has 1 heterocycles. The molecule has 2 atom stereocenters. The van der Waals surface area contributed by atoms with Gasteiger partial charge in [0.1, 0.15) is 0 Å². The predicted molar refractivity (Wildman–Crippen MR) is 74.6 cm³/mol. The average molecular weight is 271 g/mol. The normalized spacial score (nSPS) is 23.4. The molecule has 5 heteroatoms. The van der Waals surface area contributed by atoms with Crippen LogP contribution in [0.15, 0.2) is 6.20 Å². The van der Waals surface area contributed by atoms with Gasteiger partial charge in [0.25, 0.3) is 0 Å². The lowest BCUT2D eigenvalue weighted by molar-refractivity contribution is 0.361. The van der Waals surface area contributed by atoms with Gasteiger partial charge in [0.2, 0.25) is 0 Å². The van der Waals surface area contributed by atoms with Crippen molar-refractivity contribution in [2.45, 2.75) is 32.9 Å². The Balaban J connectivity index is 2.14. The Morgan fingerprint density at radius 1 is 1.61 bits per heavy atom. The second kappa shape index (κ2) is 4.83. The first-order valence-corrected chi connectivity index (χ1v) is 6.82. The van der Waals surface area contributed by atoms with Crippen molar-refractivity contribution in [3.8, 4) is 0 Å². The fourth-order valence-corrected chi connectivity index (χ4v) is 2.75. The quantitative estimate of drug-likeness (QED) is 0.892. The average Bonchev–Trinajstić information content (AvgIpc) is 2.75. The third-order valence-electron chi connectivity index (χ3n) is 3.93. The smallest absolute Gasteiger partial charge is 0.0834 e. The summed E-state index contributed by atoms with van der Waals surface area (Å²) in [6.45, 7) is 6.28. The highest BCUT2D eigenvalue weighted by molar-refractivity contribution is 6.31. The molecule has 0 radical (unpaired) electrons. The van der Waals surface area contributed by atoms with Gasteiger partial charge in [-0.05, 0) is 31.8 Å². The van der Waals surface area contributed by atoms with E-state index >= 15 is 0 Å². The maximum atomic E-state index is 6.37. The van der Waals surface area contributed by atoms with Gasteiger partial charge in [-0.1, -0.05) is 25.4 Å². The molecular formula is C13H23ClN4. The monoisotopic (exact) mass is 270 g/mol. The first-order chi connectivity index (χ1) is 8.33. The van der Waals surface area contributed by atoms with E-state index in [1.54, 1.807) is 6.20 Å². The lowest BCUT2D eigenvalue weighted by atomic mass is 10.0. The van der Waals surface area contributed by atoms with Crippen LogP contribution in [0.2, 0.25) is 5.02 Å². The molecule has 2 rings (SSSR count). The van der Waals surface area contributed by atoms with Crippen molar-refractivity contribution in [1.82, 2.24) is 14.7 Å². The van der Waals surface area contributed by atoms with Crippen LogP contribution in [-0.4, -0.2) is 35.3 Å². The molecule has 18 heavy (non-hydrogen) atoms. The van der Waals surface area contributed by atoms with Crippen LogP contribution in [0.3, 0.4) is 0 Å². The molecule has 1 aromatic rings. The molecule has 0 saturated heterocycles. The van der Waals surface area contributed by atoms with Crippen molar-refractivity contribution < 1.29 is 0 Å². The van der Waals surface area contributed by atoms with Crippen molar-refractivity contribution in [3.05, 3.63) is 16.9 Å². The van der Waals surface area contributed by atoms with Gasteiger partial charge in [0, 0.05) is 6.54 Å². The standard InChI is InChI=1S/C13H23ClN4/c1-13(2)7-9(13)11(15)12-10(14)8-16-18(12)6-5-17(3)4/h8-9,11H,5-7,15H2,1-4H3. The highest BCUT2D eigenvalue weighted by atomic mass is 35.5. The third kappa shape index (κ3) is 2.71. The van der Waals surface area contributed by atoms with E-state index in [2.05, 4.69) is 37.9 Å². The molecule has 0 bridgehead atoms. The van der Waals surface area contributed by atoms with Gasteiger partial charge in [0.05, 0.1) is 29.5 Å². The van der Waals surface area contributed by atoms with E-state index in [1.165, 1.54) is 6.42 Å². The molecule has 2 N–H and O–H groups in total. The molecule has 102 valence electrons. The van der Waals surface area contributed by atoms with E-state index in [1.807, 2.05) is 4.68 Å². The number of aromatic nitrogens is 2. The van der Waals surface area contributed by atoms with Gasteiger partial charge < -0.3 is 10.6 Å². The summed E-state index contributed by atoms with van der Waals surface area (Å²) in [4.78, 5) is 2.13. The fraction of sp³-hybridized carbons (Fsp3) is 0.769. The van der Waals surface area contributed by atoms with Crippen LogP contribution in [0.25, 0.3) is 0 Å². The SMILES string of the molecule is CN(C)CCn1ncc(Cl)c1C(N)C1CC1(C)C. The van der Waals surface area contributed by atoms with Gasteiger partial charge in [-0.25, -0.2) is 0 Å². The van der Waals surface area contributed by atoms with Crippen molar-refractivity contribution in [1.29, 1.82) is 0 Å². The molecule has 1 aliphatic rings. The molecule has 1 aromatic heterocycles. The van der Waals surface area contributed by atoms with E-state index in [0.29, 0.717) is 16.4 Å². The van der Waals surface area contributed by atoms with Gasteiger partial charge in [0.15, 0.2) is 0 Å². The van der Waals surface area contributed by atoms with E-state index in [0.717, 1.165) is 18.8 Å². The highest BCUT2D eigenvalue weighted by Gasteiger charge is 2.50. The lowest BCUT2D eigenvalue weighted by Gasteiger charge is -2.18. The van der Waals surface area contributed by atoms with Crippen LogP contribution in [0.5, 0.6) is 0 Å². The Bertz CT molecular complexity index is 425. The van der Waals surface area contributed by atoms with Gasteiger partial charge in [-0.15, -0.1) is 0 Å². The number of halogens is 1. The van der Waals surface area contributed by atoms with Crippen LogP contribution in [-0.2, 0) is 6.54 Å². The Morgan fingerprint density at radius 2 is 2.22 bits per heavy atom. The van der Waals surface area contributed by atoms with E-state index < -0.39 is 0 Å². The van der Waals surface area contributed by atoms with Crippen LogP contribution in [0, 0.1) is 11.3 Å². The molecule has 1 aliphatic carbocycles. The summed E-state index contributed by atoms with van der Waals surface area (Å²) < 4.78 is 1.96. The van der Waals surface area contributed by atoms with Crippen LogP contribution < -0.4 is 5.73 Å². The summed E-state index contributed by atoms with van der Waals surface area (Å²) in [6.07, 6.45) is 2.88. The first-order valence-electron chi connectivity index (χ1n) is 6.44. The summed E-state index contributed by atoms with van der Waals surface area (Å²) in [5, 5.41) is 5.04. The number of nitrogens with zero attached hydrogens (tertiary/aromatic N) is 3. The fourth-order valence-electron chi connectivity index (χ4n) is 2.49. The molecule has 1 saturated carbocycles. The summed E-state index contributed by atoms with van der Waals surface area (Å²) in [7, 11) is 4.10. The number of hydrogen-bond acceptors (Lipinski definition) is 3. The van der Waals surface area contributed by atoms with Crippen LogP contribution >= 0.6 is 11.6 Å². The summed E-state index contributed by atoms with van der Waals surface area (Å²) >= 11 is 6.24. The predicted octanol–water partition coefficient (Wildman–Crippen LogP) is 2.14. The second-order valence-electron chi connectivity index (χ2n) is 6.23. The van der Waals surface area contributed by atoms with Crippen molar-refractivity contribution in [3.63, 3.8) is 0 Å². The zero-order chi connectivity index (χ0) is 13.5. The molecule has 1 fully saturated rings. The molecule has 4 nitrogen and oxygen atoms in total. The maximum Gasteiger partial charge on any atom is 0.0834 e. The lowest BCUT2D eigenvalue weighted by Crippen LogP contribution is -2.24. The Morgan fingerprint density at radius 3 is 2.72 bits per heavy atom. The van der Waals surface area contributed by atoms with E-state index in [9.17, 15) is 0 Å². The van der Waals surface area contributed by atoms with Crippen LogP contribution in [0.1, 0.15) is 32.0 Å². The Labute approximate surface area is 114 Å². The number of nitrogens with two attached hydrogens (primary N) is 1. The third-order valence-corrected chi connectivity index (χ3v) is 4.22. The van der Waals surface area contributed by atoms with E-state index in [4.69, 9.17) is 17.3 Å². The number of rotatable bonds is 5. The zero-order valence-corrected chi connectivity index (χ0v) is 12.4. The van der Waals surface area contributed by atoms with Gasteiger partial charge in [-0.2, -0.15) is 5.10 Å². The molecule has 0 amide bonds. The van der Waals surface area contributed by atoms with Gasteiger partial charge >= 0.3 is 0 Å². The maximum absolute atomic E-state index is 6.37. The molecule has 0 aromatic carbocycles. The summed E-state index contributed by atoms with van der Waals surface area (Å²) in [5.41, 5.74) is 7.71. The Kier molecular flexibility index (Phi) is 3.72. The minimum atomic E-state index is -0.00263. The van der Waals surface area contributed by atoms with Gasteiger partial charge in [-0.3, -0.25) is 4.68 Å². The highest BCUT2D eigenvalue weighted by Crippen LogP contribution is 2.57. The molecule has 2 unspecified atom stereocenters. The topological polar surface area (TPSA) is 47.1 Å². The largest absolute Gasteiger partial charge is 0.322 e. The minimum Gasteiger partial charge on any atom is -0.322 e. The van der Waals surface area contributed by atoms with Crippen molar-refractivity contribution in [2.75, 3.05) is 20.6 Å². The molecule has 0 aliphatic heterocycles. The number of likely N-dealkylation sites (N-methyl/N-ethyl adjacent to an activating group) is 1. The summed E-state index contributed by atoms with van der Waals surface area (Å²) in [6, 6.07) is -0.00263. The van der Waals surface area contributed by atoms with Crippen molar-refractivity contribution in [2.24, 2.45) is 17.1 Å². The zero-order valence-electron chi connectivity index (χ0n) is 11.7. The van der Waals surface area contributed by atoms with Crippen molar-refractivity contribution >= 4 is 11.6 Å². The Hall–Kier alpha value is -0.580. The number of hydrogen-bond donors (Lipinski definition) is 1. The molecule has 0 spiro atoms. The van der Waals surface area contributed by atoms with Crippen LogP contribution in [0.4, 0.5) is 0 Å². The minimum absolute atomic E-state index is 0.00263. The second-order valence-corrected chi connectivity index (χ2v) is 6.64.